The second-order valence-corrected chi connectivity index (χ2v) is 15.3. The van der Waals surface area contributed by atoms with Crippen LogP contribution in [0.15, 0.2) is 12.1 Å². The Hall–Kier alpha value is -2.16. The molecule has 1 aromatic rings. The van der Waals surface area contributed by atoms with Crippen molar-refractivity contribution in [1.82, 2.24) is 20.9 Å². The second-order valence-electron chi connectivity index (χ2n) is 15.3. The third-order valence-electron chi connectivity index (χ3n) is 11.5. The molecule has 0 bridgehead atoms. The molecule has 6 atom stereocenters. The van der Waals surface area contributed by atoms with E-state index in [1.54, 1.807) is 0 Å². The number of nitrogens with zero attached hydrogens (tertiary/aromatic N) is 2. The molecule has 3 aliphatic heterocycles. The van der Waals surface area contributed by atoms with Gasteiger partial charge >= 0.3 is 0 Å². The van der Waals surface area contributed by atoms with Gasteiger partial charge in [0.1, 0.15) is 0 Å². The van der Waals surface area contributed by atoms with Gasteiger partial charge in [0.25, 0.3) is 5.91 Å². The Morgan fingerprint density at radius 3 is 2.44 bits per heavy atom. The van der Waals surface area contributed by atoms with Crippen molar-refractivity contribution < 1.29 is 14.3 Å². The molecular formula is C37H61N5O3. The summed E-state index contributed by atoms with van der Waals surface area (Å²) in [6, 6.07) is 5.68. The maximum atomic E-state index is 14.0. The lowest BCUT2D eigenvalue weighted by Gasteiger charge is -2.41. The van der Waals surface area contributed by atoms with Gasteiger partial charge in [-0.15, -0.1) is 0 Å². The van der Waals surface area contributed by atoms with E-state index in [2.05, 4.69) is 79.8 Å². The van der Waals surface area contributed by atoms with Crippen molar-refractivity contribution in [1.29, 1.82) is 0 Å². The monoisotopic (exact) mass is 623 g/mol. The Morgan fingerprint density at radius 1 is 1.02 bits per heavy atom. The molecule has 252 valence electrons. The second kappa shape index (κ2) is 15.6. The van der Waals surface area contributed by atoms with Crippen LogP contribution >= 0.6 is 0 Å². The summed E-state index contributed by atoms with van der Waals surface area (Å²) < 4.78 is 5.70. The summed E-state index contributed by atoms with van der Waals surface area (Å²) >= 11 is 0. The highest BCUT2D eigenvalue weighted by atomic mass is 16.5. The quantitative estimate of drug-likeness (QED) is 0.337. The lowest BCUT2D eigenvalue weighted by Crippen LogP contribution is -2.50. The normalized spacial score (nSPS) is 30.2. The van der Waals surface area contributed by atoms with E-state index in [0.717, 1.165) is 68.3 Å². The molecule has 5 unspecified atom stereocenters. The maximum Gasteiger partial charge on any atom is 0.251 e. The van der Waals surface area contributed by atoms with E-state index in [4.69, 9.17) is 4.74 Å². The minimum Gasteiger partial charge on any atom is -0.381 e. The van der Waals surface area contributed by atoms with E-state index >= 15 is 0 Å². The average molecular weight is 624 g/mol. The summed E-state index contributed by atoms with van der Waals surface area (Å²) in [5.74, 6) is 1.80. The maximum absolute atomic E-state index is 14.0. The molecule has 0 radical (unpaired) electrons. The topological polar surface area (TPSA) is 85.9 Å². The van der Waals surface area contributed by atoms with E-state index in [-0.39, 0.29) is 29.7 Å². The lowest BCUT2D eigenvalue weighted by molar-refractivity contribution is -0.129. The summed E-state index contributed by atoms with van der Waals surface area (Å²) in [7, 11) is 6.54. The van der Waals surface area contributed by atoms with Gasteiger partial charge < -0.3 is 30.5 Å². The molecule has 1 aromatic carbocycles. The fourth-order valence-electron chi connectivity index (χ4n) is 8.94. The number of piperidine rings is 2. The fraction of sp³-hybridized carbons (Fsp3) is 0.784. The molecule has 0 spiro atoms. The number of nitrogens with one attached hydrogen (secondary N) is 3. The molecule has 3 saturated heterocycles. The van der Waals surface area contributed by atoms with Crippen molar-refractivity contribution in [3.8, 4) is 0 Å². The molecule has 8 nitrogen and oxygen atoms in total. The zero-order valence-corrected chi connectivity index (χ0v) is 29.0. The number of hydrogen-bond donors (Lipinski definition) is 3. The van der Waals surface area contributed by atoms with Gasteiger partial charge in [0.2, 0.25) is 5.91 Å². The van der Waals surface area contributed by atoms with Crippen LogP contribution in [0.1, 0.15) is 105 Å². The molecule has 8 heteroatoms. The molecule has 3 heterocycles. The molecular weight excluding hydrogens is 562 g/mol. The standard InChI is InChI=1S/C37H61N5O3/c1-24-16-25(2)40-37(44)33(24)21-39-36(43)32-19-29(20-35(26(32)3)42(6)31-12-14-45-15-13-31)34-22-38-30(23-41(4)5)18-28(34)17-27-10-8-7-9-11-27/h19-20,24-25,27-28,30-31,33-34,38H,7-18,21-23H2,1-6H3,(H,39,43)(H,40,44)/t24?,25?,28?,30?,33-,34?/m1/s1. The van der Waals surface area contributed by atoms with E-state index in [1.165, 1.54) is 50.5 Å². The smallest absolute Gasteiger partial charge is 0.251 e. The van der Waals surface area contributed by atoms with Gasteiger partial charge in [-0.05, 0) is 107 Å². The SMILES string of the molecule is Cc1c(C(=O)NC[C@H]2C(=O)NC(C)CC2C)cc(C2CNC(CN(C)C)CC2CC2CCCCC2)cc1N(C)C1CCOCC1. The minimum atomic E-state index is -0.200. The van der Waals surface area contributed by atoms with Crippen molar-refractivity contribution in [3.63, 3.8) is 0 Å². The van der Waals surface area contributed by atoms with Gasteiger partial charge in [0, 0.05) is 69.3 Å². The molecule has 45 heavy (non-hydrogen) atoms. The summed E-state index contributed by atoms with van der Waals surface area (Å²) in [5, 5.41) is 10.2. The number of anilines is 1. The van der Waals surface area contributed by atoms with Crippen LogP contribution in [0.3, 0.4) is 0 Å². The Kier molecular flexibility index (Phi) is 11.9. The summed E-state index contributed by atoms with van der Waals surface area (Å²) in [6.45, 7) is 10.2. The van der Waals surface area contributed by atoms with Crippen molar-refractivity contribution in [2.45, 2.75) is 109 Å². The van der Waals surface area contributed by atoms with Gasteiger partial charge in [-0.2, -0.15) is 0 Å². The molecule has 4 fully saturated rings. The Bertz CT molecular complexity index is 1150. The van der Waals surface area contributed by atoms with Gasteiger partial charge in [0.05, 0.1) is 5.92 Å². The van der Waals surface area contributed by atoms with Crippen LogP contribution in [0.25, 0.3) is 0 Å². The summed E-state index contributed by atoms with van der Waals surface area (Å²) in [5.41, 5.74) is 4.23. The van der Waals surface area contributed by atoms with Gasteiger partial charge in [-0.25, -0.2) is 0 Å². The number of ether oxygens (including phenoxy) is 1. The number of likely N-dealkylation sites (N-methyl/N-ethyl adjacent to an activating group) is 1. The molecule has 3 N–H and O–H groups in total. The Balaban J connectivity index is 1.44. The Labute approximate surface area is 272 Å². The van der Waals surface area contributed by atoms with Crippen LogP contribution in [0, 0.1) is 30.6 Å². The molecule has 1 saturated carbocycles. The zero-order chi connectivity index (χ0) is 32.1. The highest BCUT2D eigenvalue weighted by Gasteiger charge is 2.36. The third kappa shape index (κ3) is 8.61. The molecule has 0 aromatic heterocycles. The van der Waals surface area contributed by atoms with Crippen LogP contribution in [-0.4, -0.2) is 88.8 Å². The van der Waals surface area contributed by atoms with Crippen molar-refractivity contribution >= 4 is 17.5 Å². The van der Waals surface area contributed by atoms with Gasteiger partial charge in [0.15, 0.2) is 0 Å². The van der Waals surface area contributed by atoms with E-state index < -0.39 is 0 Å². The number of carbonyl (C=O) groups is 2. The number of benzene rings is 1. The average Bonchev–Trinajstić information content (AvgIpc) is 3.01. The first-order chi connectivity index (χ1) is 21.6. The van der Waals surface area contributed by atoms with Crippen LogP contribution in [-0.2, 0) is 9.53 Å². The number of amides is 2. The molecule has 5 rings (SSSR count). The first-order valence-electron chi connectivity index (χ1n) is 18.0. The minimum absolute atomic E-state index is 0.0538. The fourth-order valence-corrected chi connectivity index (χ4v) is 8.94. The predicted octanol–water partition coefficient (Wildman–Crippen LogP) is 5.09. The molecule has 2 amide bonds. The number of carbonyl (C=O) groups excluding carboxylic acids is 2. The summed E-state index contributed by atoms with van der Waals surface area (Å²) in [4.78, 5) is 31.6. The van der Waals surface area contributed by atoms with Crippen molar-refractivity contribution in [2.75, 3.05) is 58.9 Å². The van der Waals surface area contributed by atoms with Crippen molar-refractivity contribution in [3.05, 3.63) is 28.8 Å². The highest BCUT2D eigenvalue weighted by Crippen LogP contribution is 2.42. The van der Waals surface area contributed by atoms with Gasteiger partial charge in [-0.3, -0.25) is 9.59 Å². The Morgan fingerprint density at radius 2 is 1.76 bits per heavy atom. The lowest BCUT2D eigenvalue weighted by atomic mass is 9.71. The van der Waals surface area contributed by atoms with E-state index in [9.17, 15) is 9.59 Å². The summed E-state index contributed by atoms with van der Waals surface area (Å²) in [6.07, 6.45) is 12.2. The zero-order valence-electron chi connectivity index (χ0n) is 29.0. The first kappa shape index (κ1) is 34.2. The third-order valence-corrected chi connectivity index (χ3v) is 11.5. The molecule has 1 aliphatic carbocycles. The van der Waals surface area contributed by atoms with E-state index in [1.807, 2.05) is 0 Å². The van der Waals surface area contributed by atoms with Crippen LogP contribution in [0.4, 0.5) is 5.69 Å². The number of hydrogen-bond acceptors (Lipinski definition) is 6. The largest absolute Gasteiger partial charge is 0.381 e. The van der Waals surface area contributed by atoms with Crippen LogP contribution < -0.4 is 20.9 Å². The van der Waals surface area contributed by atoms with Crippen molar-refractivity contribution in [2.24, 2.45) is 23.7 Å². The van der Waals surface area contributed by atoms with Crippen LogP contribution in [0.2, 0.25) is 0 Å². The molecule has 4 aliphatic rings. The number of rotatable bonds is 10. The van der Waals surface area contributed by atoms with Crippen LogP contribution in [0.5, 0.6) is 0 Å². The predicted molar refractivity (Wildman–Crippen MR) is 183 cm³/mol. The first-order valence-corrected chi connectivity index (χ1v) is 18.0. The highest BCUT2D eigenvalue weighted by molar-refractivity contribution is 5.97. The van der Waals surface area contributed by atoms with E-state index in [0.29, 0.717) is 30.5 Å². The van der Waals surface area contributed by atoms with Gasteiger partial charge in [-0.1, -0.05) is 39.0 Å².